The van der Waals surface area contributed by atoms with Gasteiger partial charge in [0.15, 0.2) is 5.16 Å². The second kappa shape index (κ2) is 9.71. The molecule has 0 radical (unpaired) electrons. The number of hydrogen-bond acceptors (Lipinski definition) is 5. The van der Waals surface area contributed by atoms with E-state index in [-0.39, 0.29) is 5.91 Å². The number of allylic oxidation sites excluding steroid dienone is 2. The summed E-state index contributed by atoms with van der Waals surface area (Å²) in [4.78, 5) is 14.8. The van der Waals surface area contributed by atoms with E-state index in [1.807, 2.05) is 27.7 Å². The summed E-state index contributed by atoms with van der Waals surface area (Å²) in [6.45, 7) is 3.18. The molecule has 1 heterocycles. The first-order valence-electron chi connectivity index (χ1n) is 9.28. The van der Waals surface area contributed by atoms with Crippen molar-refractivity contribution in [2.45, 2.75) is 37.8 Å². The zero-order valence-electron chi connectivity index (χ0n) is 15.9. The van der Waals surface area contributed by atoms with Crippen LogP contribution < -0.4 is 0 Å². The predicted octanol–water partition coefficient (Wildman–Crippen LogP) is 3.60. The molecule has 27 heavy (non-hydrogen) atoms. The number of carbonyl (C=O) groups excluding carboxylic acids is 1. The van der Waals surface area contributed by atoms with Gasteiger partial charge >= 0.3 is 0 Å². The number of aromatic nitrogens is 3. The third kappa shape index (κ3) is 4.99. The summed E-state index contributed by atoms with van der Waals surface area (Å²) in [7, 11) is 1.66. The van der Waals surface area contributed by atoms with Crippen LogP contribution in [0.3, 0.4) is 0 Å². The summed E-state index contributed by atoms with van der Waals surface area (Å²) < 4.78 is 7.14. The molecule has 0 bridgehead atoms. The van der Waals surface area contributed by atoms with Crippen LogP contribution in [0.4, 0.5) is 0 Å². The van der Waals surface area contributed by atoms with Gasteiger partial charge in [-0.25, -0.2) is 0 Å². The fraction of sp³-hybridized carbons (Fsp3) is 0.450. The first kappa shape index (κ1) is 19.6. The molecule has 0 atom stereocenters. The van der Waals surface area contributed by atoms with E-state index in [0.29, 0.717) is 18.9 Å². The third-order valence-corrected chi connectivity index (χ3v) is 5.58. The Kier molecular flexibility index (Phi) is 7.06. The number of benzene rings is 1. The number of para-hydroxylation sites is 1. The monoisotopic (exact) mass is 386 g/mol. The van der Waals surface area contributed by atoms with Gasteiger partial charge in [0.05, 0.1) is 18.0 Å². The number of ether oxygens (including phenoxy) is 1. The van der Waals surface area contributed by atoms with Crippen LogP contribution in [-0.4, -0.2) is 51.6 Å². The Balaban J connectivity index is 1.70. The molecule has 0 fully saturated rings. The van der Waals surface area contributed by atoms with Crippen molar-refractivity contribution in [3.05, 3.63) is 47.9 Å². The van der Waals surface area contributed by atoms with E-state index < -0.39 is 0 Å². The summed E-state index contributed by atoms with van der Waals surface area (Å²) in [6.07, 6.45) is 8.22. The Bertz CT molecular complexity index is 803. The maximum absolute atomic E-state index is 12.9. The minimum absolute atomic E-state index is 0.0875. The molecular weight excluding hydrogens is 360 g/mol. The van der Waals surface area contributed by atoms with Gasteiger partial charge in [-0.3, -0.25) is 9.36 Å². The highest BCUT2D eigenvalue weighted by atomic mass is 32.2. The molecule has 3 rings (SSSR count). The smallest absolute Gasteiger partial charge is 0.237 e. The molecule has 0 saturated heterocycles. The van der Waals surface area contributed by atoms with Crippen LogP contribution in [0.25, 0.3) is 5.69 Å². The molecule has 6 nitrogen and oxygen atoms in total. The zero-order chi connectivity index (χ0) is 19.1. The molecule has 1 aliphatic rings. The van der Waals surface area contributed by atoms with Crippen LogP contribution in [0.5, 0.6) is 0 Å². The predicted molar refractivity (Wildman–Crippen MR) is 107 cm³/mol. The highest BCUT2D eigenvalue weighted by Gasteiger charge is 2.20. The topological polar surface area (TPSA) is 60.2 Å². The lowest BCUT2D eigenvalue weighted by molar-refractivity contribution is -0.127. The van der Waals surface area contributed by atoms with Gasteiger partial charge in [0.25, 0.3) is 0 Å². The summed E-state index contributed by atoms with van der Waals surface area (Å²) >= 11 is 1.42. The van der Waals surface area contributed by atoms with E-state index in [4.69, 9.17) is 4.74 Å². The number of amides is 1. The van der Waals surface area contributed by atoms with Crippen molar-refractivity contribution in [3.63, 3.8) is 0 Å². The number of nitrogens with zero attached hydrogens (tertiary/aromatic N) is 4. The molecule has 0 aliphatic heterocycles. The molecule has 1 aromatic carbocycles. The van der Waals surface area contributed by atoms with Crippen LogP contribution in [-0.2, 0) is 9.53 Å². The molecule has 2 aromatic rings. The summed E-state index contributed by atoms with van der Waals surface area (Å²) in [6, 6.07) is 8.08. The van der Waals surface area contributed by atoms with Crippen LogP contribution >= 0.6 is 11.8 Å². The lowest BCUT2D eigenvalue weighted by atomic mass is 10.0. The van der Waals surface area contributed by atoms with Crippen molar-refractivity contribution in [2.75, 3.05) is 26.0 Å². The molecule has 144 valence electrons. The highest BCUT2D eigenvalue weighted by Crippen LogP contribution is 2.25. The minimum atomic E-state index is 0.0875. The van der Waals surface area contributed by atoms with Gasteiger partial charge in [-0.2, -0.15) is 0 Å². The van der Waals surface area contributed by atoms with E-state index in [1.54, 1.807) is 13.4 Å². The molecule has 7 heteroatoms. The Labute approximate surface area is 164 Å². The van der Waals surface area contributed by atoms with Crippen molar-refractivity contribution < 1.29 is 9.53 Å². The number of carbonyl (C=O) groups is 1. The normalized spacial score (nSPS) is 14.1. The molecule has 1 amide bonds. The van der Waals surface area contributed by atoms with Crippen molar-refractivity contribution in [1.82, 2.24) is 19.7 Å². The number of hydrogen-bond donors (Lipinski definition) is 0. The van der Waals surface area contributed by atoms with E-state index in [0.717, 1.165) is 41.4 Å². The van der Waals surface area contributed by atoms with E-state index in [2.05, 4.69) is 29.3 Å². The Morgan fingerprint density at radius 3 is 2.93 bits per heavy atom. The van der Waals surface area contributed by atoms with Gasteiger partial charge in [0.2, 0.25) is 5.91 Å². The number of rotatable bonds is 8. The van der Waals surface area contributed by atoms with Crippen LogP contribution in [0.1, 0.15) is 31.2 Å². The largest absolute Gasteiger partial charge is 0.383 e. The second-order valence-corrected chi connectivity index (χ2v) is 7.48. The molecule has 1 aromatic heterocycles. The van der Waals surface area contributed by atoms with Crippen molar-refractivity contribution in [2.24, 2.45) is 0 Å². The third-order valence-electron chi connectivity index (χ3n) is 4.65. The fourth-order valence-corrected chi connectivity index (χ4v) is 4.00. The van der Waals surface area contributed by atoms with Crippen molar-refractivity contribution >= 4 is 17.7 Å². The molecule has 0 spiro atoms. The van der Waals surface area contributed by atoms with Gasteiger partial charge < -0.3 is 9.64 Å². The average molecular weight is 387 g/mol. The summed E-state index contributed by atoms with van der Waals surface area (Å²) in [5.41, 5.74) is 3.30. The number of aryl methyl sites for hydroxylation is 1. The van der Waals surface area contributed by atoms with Gasteiger partial charge in [-0.1, -0.05) is 36.0 Å². The maximum atomic E-state index is 12.9. The fourth-order valence-electron chi connectivity index (χ4n) is 3.20. The van der Waals surface area contributed by atoms with Gasteiger partial charge in [-0.05, 0) is 44.2 Å². The lowest BCUT2D eigenvalue weighted by Crippen LogP contribution is -2.35. The first-order valence-corrected chi connectivity index (χ1v) is 10.3. The molecule has 0 unspecified atom stereocenters. The number of methoxy groups -OCH3 is 1. The molecular formula is C20H26N4O2S. The summed E-state index contributed by atoms with van der Waals surface area (Å²) in [5.74, 6) is 0.413. The van der Waals surface area contributed by atoms with E-state index in [9.17, 15) is 4.79 Å². The molecule has 1 aliphatic carbocycles. The Morgan fingerprint density at radius 2 is 2.19 bits per heavy atom. The van der Waals surface area contributed by atoms with Crippen LogP contribution in [0.2, 0.25) is 0 Å². The minimum Gasteiger partial charge on any atom is -0.383 e. The van der Waals surface area contributed by atoms with Crippen LogP contribution in [0.15, 0.2) is 47.5 Å². The summed E-state index contributed by atoms with van der Waals surface area (Å²) in [5, 5.41) is 8.97. The maximum Gasteiger partial charge on any atom is 0.237 e. The van der Waals surface area contributed by atoms with Gasteiger partial charge in [0, 0.05) is 19.4 Å². The van der Waals surface area contributed by atoms with Gasteiger partial charge in [-0.15, -0.1) is 10.2 Å². The van der Waals surface area contributed by atoms with Crippen molar-refractivity contribution in [1.29, 1.82) is 0 Å². The highest BCUT2D eigenvalue weighted by molar-refractivity contribution is 7.99. The standard InChI is InChI=1S/C20H26N4O2S/c1-16-8-6-7-11-18(16)24-15-21-22-20(24)27-14-19(25)23(12-13-26-2)17-9-4-3-5-10-17/h6-9,11,15H,3-5,10,12-14H2,1-2H3. The second-order valence-electron chi connectivity index (χ2n) is 6.54. The Hall–Kier alpha value is -2.12. The van der Waals surface area contributed by atoms with E-state index >= 15 is 0 Å². The Morgan fingerprint density at radius 1 is 1.33 bits per heavy atom. The average Bonchev–Trinajstić information content (AvgIpc) is 3.16. The number of thioether (sulfide) groups is 1. The first-order chi connectivity index (χ1) is 13.2. The quantitative estimate of drug-likeness (QED) is 0.649. The lowest BCUT2D eigenvalue weighted by Gasteiger charge is -2.27. The van der Waals surface area contributed by atoms with Crippen molar-refractivity contribution in [3.8, 4) is 5.69 Å². The SMILES string of the molecule is COCCN(C(=O)CSc1nncn1-c1ccccc1C)C1=CCCCC1. The zero-order valence-corrected chi connectivity index (χ0v) is 16.7. The van der Waals surface area contributed by atoms with Crippen LogP contribution in [0, 0.1) is 6.92 Å². The van der Waals surface area contributed by atoms with E-state index in [1.165, 1.54) is 18.2 Å². The van der Waals surface area contributed by atoms with Gasteiger partial charge in [0.1, 0.15) is 6.33 Å². The molecule has 0 N–H and O–H groups in total. The molecule has 0 saturated carbocycles.